The van der Waals surface area contributed by atoms with Gasteiger partial charge in [-0.05, 0) is 49.8 Å². The fourth-order valence-corrected chi connectivity index (χ4v) is 3.21. The molecule has 0 saturated heterocycles. The van der Waals surface area contributed by atoms with E-state index in [1.54, 1.807) is 0 Å². The molecule has 1 aromatic heterocycles. The van der Waals surface area contributed by atoms with Gasteiger partial charge in [0, 0.05) is 24.9 Å². The summed E-state index contributed by atoms with van der Waals surface area (Å²) in [7, 11) is 0. The number of benzene rings is 1. The third kappa shape index (κ3) is 4.72. The lowest BCUT2D eigenvalue weighted by atomic mass is 10.0. The number of nitrogen functional groups attached to an aromatic ring is 1. The van der Waals surface area contributed by atoms with E-state index in [-0.39, 0.29) is 5.91 Å². The van der Waals surface area contributed by atoms with E-state index in [1.807, 2.05) is 23.1 Å². The summed E-state index contributed by atoms with van der Waals surface area (Å²) in [6.07, 6.45) is 5.09. The van der Waals surface area contributed by atoms with Gasteiger partial charge in [0.2, 0.25) is 0 Å². The van der Waals surface area contributed by atoms with Crippen molar-refractivity contribution in [1.82, 2.24) is 9.88 Å². The van der Waals surface area contributed by atoms with Crippen molar-refractivity contribution >= 4 is 22.6 Å². The smallest absolute Gasteiger partial charge is 0.257 e. The average molecular weight is 352 g/mol. The number of fused-ring (bicyclic) bond motifs is 1. The molecule has 2 rings (SSSR count). The van der Waals surface area contributed by atoms with Gasteiger partial charge in [0.05, 0.1) is 17.1 Å². The molecule has 0 radical (unpaired) electrons. The molecule has 2 N–H and O–H groups in total. The summed E-state index contributed by atoms with van der Waals surface area (Å²) in [6.45, 7) is 5.58. The number of unbranched alkanes of at least 4 members (excludes halogenated alkanes) is 2. The van der Waals surface area contributed by atoms with Crippen molar-refractivity contribution in [3.05, 3.63) is 35.4 Å². The molecule has 0 unspecified atom stereocenters. The summed E-state index contributed by atoms with van der Waals surface area (Å²) in [4.78, 5) is 19.3. The molecule has 0 bridgehead atoms. The summed E-state index contributed by atoms with van der Waals surface area (Å²) in [5.41, 5.74) is 8.57. The van der Waals surface area contributed by atoms with Crippen molar-refractivity contribution in [3.8, 4) is 6.07 Å². The lowest BCUT2D eigenvalue weighted by Gasteiger charge is -2.22. The summed E-state index contributed by atoms with van der Waals surface area (Å²) in [5, 5.41) is 9.67. The first-order valence-corrected chi connectivity index (χ1v) is 9.46. The zero-order chi connectivity index (χ0) is 18.9. The zero-order valence-corrected chi connectivity index (χ0v) is 15.8. The number of hydrogen-bond donors (Lipinski definition) is 1. The van der Waals surface area contributed by atoms with E-state index in [9.17, 15) is 4.79 Å². The van der Waals surface area contributed by atoms with Gasteiger partial charge in [-0.3, -0.25) is 4.79 Å². The molecule has 2 aromatic rings. The molecule has 0 aliphatic carbocycles. The Morgan fingerprint density at radius 3 is 2.62 bits per heavy atom. The quantitative estimate of drug-likeness (QED) is 0.681. The molecule has 1 amide bonds. The highest BCUT2D eigenvalue weighted by atomic mass is 16.2. The number of nitrogens with two attached hydrogens (primary N) is 1. The topological polar surface area (TPSA) is 83.0 Å². The van der Waals surface area contributed by atoms with Gasteiger partial charge < -0.3 is 10.6 Å². The number of pyridine rings is 1. The zero-order valence-electron chi connectivity index (χ0n) is 15.8. The molecule has 26 heavy (non-hydrogen) atoms. The number of amides is 1. The Labute approximate surface area is 155 Å². The lowest BCUT2D eigenvalue weighted by molar-refractivity contribution is 0.0756. The van der Waals surface area contributed by atoms with E-state index in [0.717, 1.165) is 61.7 Å². The van der Waals surface area contributed by atoms with Crippen LogP contribution < -0.4 is 5.73 Å². The second-order valence-electron chi connectivity index (χ2n) is 6.56. The van der Waals surface area contributed by atoms with E-state index < -0.39 is 0 Å². The lowest BCUT2D eigenvalue weighted by Crippen LogP contribution is -2.33. The van der Waals surface area contributed by atoms with Gasteiger partial charge in [-0.2, -0.15) is 5.26 Å². The van der Waals surface area contributed by atoms with Crippen molar-refractivity contribution in [2.45, 2.75) is 52.4 Å². The SMILES string of the molecule is CCCN(CCC)C(=O)c1cc2c(CCCCC#N)cccc2nc1N. The van der Waals surface area contributed by atoms with Gasteiger partial charge >= 0.3 is 0 Å². The summed E-state index contributed by atoms with van der Waals surface area (Å²) in [5.74, 6) is 0.251. The highest BCUT2D eigenvalue weighted by Crippen LogP contribution is 2.24. The van der Waals surface area contributed by atoms with Crippen molar-refractivity contribution in [3.63, 3.8) is 0 Å². The molecular weight excluding hydrogens is 324 g/mol. The Kier molecular flexibility index (Phi) is 7.40. The molecule has 0 aliphatic rings. The number of aryl methyl sites for hydroxylation is 1. The standard InChI is InChI=1S/C21H28N4O/c1-3-13-25(14-4-2)21(26)18-15-17-16(9-6-5-7-12-22)10-8-11-19(17)24-20(18)23/h8,10-11,15H,3-7,9,13-14H2,1-2H3,(H2,23,24). The number of carbonyl (C=O) groups is 1. The highest BCUT2D eigenvalue weighted by molar-refractivity contribution is 6.02. The third-order valence-corrected chi connectivity index (χ3v) is 4.47. The van der Waals surface area contributed by atoms with Gasteiger partial charge in [-0.1, -0.05) is 26.0 Å². The number of nitriles is 1. The van der Waals surface area contributed by atoms with Crippen LogP contribution in [0.2, 0.25) is 0 Å². The van der Waals surface area contributed by atoms with Crippen molar-refractivity contribution in [2.75, 3.05) is 18.8 Å². The Balaban J connectivity index is 2.36. The maximum absolute atomic E-state index is 13.0. The predicted molar refractivity (Wildman–Crippen MR) is 106 cm³/mol. The number of anilines is 1. The molecule has 0 fully saturated rings. The van der Waals surface area contributed by atoms with Crippen LogP contribution in [0.15, 0.2) is 24.3 Å². The van der Waals surface area contributed by atoms with Gasteiger partial charge in [-0.25, -0.2) is 4.98 Å². The maximum atomic E-state index is 13.0. The largest absolute Gasteiger partial charge is 0.383 e. The molecular formula is C21H28N4O. The van der Waals surface area contributed by atoms with Crippen LogP contribution in [-0.4, -0.2) is 28.9 Å². The number of rotatable bonds is 9. The first-order chi connectivity index (χ1) is 12.6. The van der Waals surface area contributed by atoms with Crippen LogP contribution in [-0.2, 0) is 6.42 Å². The molecule has 1 heterocycles. The second-order valence-corrected chi connectivity index (χ2v) is 6.56. The van der Waals surface area contributed by atoms with Crippen molar-refractivity contribution < 1.29 is 4.79 Å². The highest BCUT2D eigenvalue weighted by Gasteiger charge is 2.19. The number of nitrogens with zero attached hydrogens (tertiary/aromatic N) is 3. The fraction of sp³-hybridized carbons (Fsp3) is 0.476. The minimum atomic E-state index is -0.0418. The number of carbonyl (C=O) groups excluding carboxylic acids is 1. The van der Waals surface area contributed by atoms with Gasteiger partial charge in [0.1, 0.15) is 5.82 Å². The second kappa shape index (κ2) is 9.76. The Bertz CT molecular complexity index is 788. The van der Waals surface area contributed by atoms with Gasteiger partial charge in [0.15, 0.2) is 0 Å². The molecule has 138 valence electrons. The fourth-order valence-electron chi connectivity index (χ4n) is 3.21. The molecule has 0 spiro atoms. The average Bonchev–Trinajstić information content (AvgIpc) is 2.64. The maximum Gasteiger partial charge on any atom is 0.257 e. The van der Waals surface area contributed by atoms with Crippen LogP contribution in [0.4, 0.5) is 5.82 Å². The number of aromatic nitrogens is 1. The van der Waals surface area contributed by atoms with E-state index in [1.165, 1.54) is 0 Å². The molecule has 5 nitrogen and oxygen atoms in total. The normalized spacial score (nSPS) is 10.7. The van der Waals surface area contributed by atoms with Crippen molar-refractivity contribution in [2.24, 2.45) is 0 Å². The van der Waals surface area contributed by atoms with Crippen LogP contribution in [0.5, 0.6) is 0 Å². The Hall–Kier alpha value is -2.61. The van der Waals surface area contributed by atoms with Crippen LogP contribution in [0.1, 0.15) is 61.9 Å². The third-order valence-electron chi connectivity index (χ3n) is 4.47. The Morgan fingerprint density at radius 1 is 1.23 bits per heavy atom. The van der Waals surface area contributed by atoms with E-state index >= 15 is 0 Å². The first-order valence-electron chi connectivity index (χ1n) is 9.46. The molecule has 0 saturated carbocycles. The summed E-state index contributed by atoms with van der Waals surface area (Å²) in [6, 6.07) is 10.0. The molecule has 0 aliphatic heterocycles. The summed E-state index contributed by atoms with van der Waals surface area (Å²) < 4.78 is 0. The van der Waals surface area contributed by atoms with Crippen LogP contribution in [0, 0.1) is 11.3 Å². The predicted octanol–water partition coefficient (Wildman–Crippen LogP) is 4.32. The van der Waals surface area contributed by atoms with E-state index in [4.69, 9.17) is 11.0 Å². The van der Waals surface area contributed by atoms with Gasteiger partial charge in [-0.15, -0.1) is 0 Å². The van der Waals surface area contributed by atoms with Crippen molar-refractivity contribution in [1.29, 1.82) is 5.26 Å². The molecule has 5 heteroatoms. The van der Waals surface area contributed by atoms with Crippen LogP contribution in [0.25, 0.3) is 10.9 Å². The van der Waals surface area contributed by atoms with Gasteiger partial charge in [0.25, 0.3) is 5.91 Å². The summed E-state index contributed by atoms with van der Waals surface area (Å²) >= 11 is 0. The minimum absolute atomic E-state index is 0.0418. The number of hydrogen-bond acceptors (Lipinski definition) is 4. The molecule has 1 aromatic carbocycles. The monoisotopic (exact) mass is 352 g/mol. The molecule has 0 atom stereocenters. The first kappa shape index (κ1) is 19.7. The van der Waals surface area contributed by atoms with Crippen LogP contribution >= 0.6 is 0 Å². The van der Waals surface area contributed by atoms with Crippen LogP contribution in [0.3, 0.4) is 0 Å². The van der Waals surface area contributed by atoms with E-state index in [2.05, 4.69) is 31.0 Å². The Morgan fingerprint density at radius 2 is 1.96 bits per heavy atom. The minimum Gasteiger partial charge on any atom is -0.383 e. The van der Waals surface area contributed by atoms with E-state index in [0.29, 0.717) is 17.8 Å².